The largest absolute Gasteiger partial charge is 0.340 e. The van der Waals surface area contributed by atoms with Gasteiger partial charge in [-0.1, -0.05) is 48.5 Å². The number of aromatic amines is 1. The molecule has 0 saturated heterocycles. The second-order valence-electron chi connectivity index (χ2n) is 4.63. The summed E-state index contributed by atoms with van der Waals surface area (Å²) in [5.74, 6) is 0.983. The van der Waals surface area contributed by atoms with Crippen LogP contribution in [0.2, 0.25) is 0 Å². The number of benzene rings is 1. The average molecular weight is 275 g/mol. The van der Waals surface area contributed by atoms with Gasteiger partial charge in [0.25, 0.3) is 0 Å². The summed E-state index contributed by atoms with van der Waals surface area (Å²) in [6, 6.07) is 9.09. The van der Waals surface area contributed by atoms with Crippen LogP contribution in [0.5, 0.6) is 0 Å². The van der Waals surface area contributed by atoms with Crippen LogP contribution in [0.4, 0.5) is 0 Å². The fourth-order valence-electron chi connectivity index (χ4n) is 1.97. The summed E-state index contributed by atoms with van der Waals surface area (Å²) in [5.41, 5.74) is 2.66. The number of nitrogens with zero attached hydrogens (tertiary/aromatic N) is 1. The van der Waals surface area contributed by atoms with Crippen LogP contribution in [-0.2, 0) is 0 Å². The van der Waals surface area contributed by atoms with Crippen LogP contribution >= 0.6 is 11.8 Å². The number of imidazole rings is 1. The molecule has 0 spiro atoms. The van der Waals surface area contributed by atoms with Crippen LogP contribution < -0.4 is 5.32 Å². The SMILES string of the molecule is CCCNC(CSc1ncc[nH]1)c1cccc(C)c1. The second-order valence-corrected chi connectivity index (χ2v) is 5.63. The number of hydrogen-bond acceptors (Lipinski definition) is 3. The van der Waals surface area contributed by atoms with Crippen molar-refractivity contribution in [3.8, 4) is 0 Å². The summed E-state index contributed by atoms with van der Waals surface area (Å²) >= 11 is 1.76. The molecule has 1 atom stereocenters. The average Bonchev–Trinajstić information content (AvgIpc) is 2.92. The predicted molar refractivity (Wildman–Crippen MR) is 81.5 cm³/mol. The second kappa shape index (κ2) is 7.36. The molecule has 0 aliphatic rings. The molecule has 102 valence electrons. The molecule has 1 aromatic heterocycles. The zero-order chi connectivity index (χ0) is 13.5. The van der Waals surface area contributed by atoms with Crippen molar-refractivity contribution in [2.75, 3.05) is 12.3 Å². The van der Waals surface area contributed by atoms with Crippen molar-refractivity contribution in [1.29, 1.82) is 0 Å². The Kier molecular flexibility index (Phi) is 5.48. The maximum absolute atomic E-state index is 4.26. The van der Waals surface area contributed by atoms with Gasteiger partial charge < -0.3 is 10.3 Å². The molecular weight excluding hydrogens is 254 g/mol. The van der Waals surface area contributed by atoms with E-state index in [1.54, 1.807) is 18.0 Å². The van der Waals surface area contributed by atoms with E-state index in [0.717, 1.165) is 23.9 Å². The molecule has 3 nitrogen and oxygen atoms in total. The standard InChI is InChI=1S/C15H21N3S/c1-3-7-16-14(11-19-15-17-8-9-18-15)13-6-4-5-12(2)10-13/h4-6,8-10,14,16H,3,7,11H2,1-2H3,(H,17,18). The van der Waals surface area contributed by atoms with Crippen molar-refractivity contribution >= 4 is 11.8 Å². The molecule has 4 heteroatoms. The van der Waals surface area contributed by atoms with Crippen LogP contribution in [0.3, 0.4) is 0 Å². The van der Waals surface area contributed by atoms with Gasteiger partial charge >= 0.3 is 0 Å². The van der Waals surface area contributed by atoms with E-state index in [2.05, 4.69) is 53.4 Å². The van der Waals surface area contributed by atoms with E-state index in [0.29, 0.717) is 6.04 Å². The van der Waals surface area contributed by atoms with E-state index in [4.69, 9.17) is 0 Å². The molecule has 2 rings (SSSR count). The van der Waals surface area contributed by atoms with E-state index in [-0.39, 0.29) is 0 Å². The summed E-state index contributed by atoms with van der Waals surface area (Å²) in [6.45, 7) is 5.37. The van der Waals surface area contributed by atoms with Gasteiger partial charge in [-0.05, 0) is 25.5 Å². The zero-order valence-electron chi connectivity index (χ0n) is 11.5. The lowest BCUT2D eigenvalue weighted by molar-refractivity contribution is 0.577. The molecule has 1 heterocycles. The van der Waals surface area contributed by atoms with Crippen LogP contribution in [0.25, 0.3) is 0 Å². The number of nitrogens with one attached hydrogen (secondary N) is 2. The number of rotatable bonds is 7. The van der Waals surface area contributed by atoms with Gasteiger partial charge in [0, 0.05) is 24.2 Å². The zero-order valence-corrected chi connectivity index (χ0v) is 12.3. The van der Waals surface area contributed by atoms with E-state index in [1.165, 1.54) is 11.1 Å². The molecule has 0 bridgehead atoms. The maximum Gasteiger partial charge on any atom is 0.165 e. The minimum Gasteiger partial charge on any atom is -0.340 e. The first-order chi connectivity index (χ1) is 9.29. The lowest BCUT2D eigenvalue weighted by Gasteiger charge is -2.18. The summed E-state index contributed by atoms with van der Waals surface area (Å²) in [5, 5.41) is 4.60. The van der Waals surface area contributed by atoms with Gasteiger partial charge in [0.15, 0.2) is 5.16 Å². The molecule has 2 N–H and O–H groups in total. The molecule has 0 radical (unpaired) electrons. The van der Waals surface area contributed by atoms with Crippen molar-refractivity contribution in [3.63, 3.8) is 0 Å². The van der Waals surface area contributed by atoms with Gasteiger partial charge in [0.1, 0.15) is 0 Å². The van der Waals surface area contributed by atoms with E-state index >= 15 is 0 Å². The Balaban J connectivity index is 2.02. The number of thioether (sulfide) groups is 1. The van der Waals surface area contributed by atoms with Crippen molar-refractivity contribution < 1.29 is 0 Å². The highest BCUT2D eigenvalue weighted by molar-refractivity contribution is 7.99. The first-order valence-electron chi connectivity index (χ1n) is 6.71. The quantitative estimate of drug-likeness (QED) is 0.759. The Labute approximate surface area is 119 Å². The fraction of sp³-hybridized carbons (Fsp3) is 0.400. The lowest BCUT2D eigenvalue weighted by atomic mass is 10.1. The van der Waals surface area contributed by atoms with Gasteiger partial charge in [-0.2, -0.15) is 0 Å². The number of aromatic nitrogens is 2. The number of H-pyrrole nitrogens is 1. The van der Waals surface area contributed by atoms with E-state index in [1.807, 2.05) is 6.20 Å². The smallest absolute Gasteiger partial charge is 0.165 e. The highest BCUT2D eigenvalue weighted by atomic mass is 32.2. The molecule has 1 unspecified atom stereocenters. The summed E-state index contributed by atoms with van der Waals surface area (Å²) < 4.78 is 0. The van der Waals surface area contributed by atoms with Crippen LogP contribution in [0.1, 0.15) is 30.5 Å². The Hall–Kier alpha value is -1.26. The topological polar surface area (TPSA) is 40.7 Å². The van der Waals surface area contributed by atoms with Gasteiger partial charge in [0.05, 0.1) is 0 Å². The monoisotopic (exact) mass is 275 g/mol. The molecule has 0 amide bonds. The Bertz CT molecular complexity index is 482. The van der Waals surface area contributed by atoms with Gasteiger partial charge in [-0.25, -0.2) is 4.98 Å². The summed E-state index contributed by atoms with van der Waals surface area (Å²) in [7, 11) is 0. The van der Waals surface area contributed by atoms with Crippen molar-refractivity contribution in [3.05, 3.63) is 47.8 Å². The Morgan fingerprint density at radius 1 is 1.42 bits per heavy atom. The molecular formula is C15H21N3S. The van der Waals surface area contributed by atoms with Crippen molar-refractivity contribution in [2.24, 2.45) is 0 Å². The third kappa shape index (κ3) is 4.40. The number of aryl methyl sites for hydroxylation is 1. The van der Waals surface area contributed by atoms with E-state index < -0.39 is 0 Å². The van der Waals surface area contributed by atoms with Gasteiger partial charge in [-0.3, -0.25) is 0 Å². The summed E-state index contributed by atoms with van der Waals surface area (Å²) in [6.07, 6.45) is 4.81. The molecule has 1 aromatic carbocycles. The van der Waals surface area contributed by atoms with Crippen molar-refractivity contribution in [1.82, 2.24) is 15.3 Å². The van der Waals surface area contributed by atoms with Crippen LogP contribution in [0.15, 0.2) is 41.8 Å². The Morgan fingerprint density at radius 3 is 3.00 bits per heavy atom. The molecule has 19 heavy (non-hydrogen) atoms. The number of hydrogen-bond donors (Lipinski definition) is 2. The minimum atomic E-state index is 0.370. The third-order valence-electron chi connectivity index (χ3n) is 2.95. The van der Waals surface area contributed by atoms with Gasteiger partial charge in [0.2, 0.25) is 0 Å². The van der Waals surface area contributed by atoms with Crippen LogP contribution in [0, 0.1) is 6.92 Å². The first-order valence-corrected chi connectivity index (χ1v) is 7.70. The maximum atomic E-state index is 4.26. The predicted octanol–water partition coefficient (Wildman–Crippen LogP) is 3.55. The summed E-state index contributed by atoms with van der Waals surface area (Å²) in [4.78, 5) is 7.39. The van der Waals surface area contributed by atoms with Crippen LogP contribution in [-0.4, -0.2) is 22.3 Å². The first kappa shape index (κ1) is 14.2. The normalized spacial score (nSPS) is 12.5. The Morgan fingerprint density at radius 2 is 2.32 bits per heavy atom. The van der Waals surface area contributed by atoms with E-state index in [9.17, 15) is 0 Å². The van der Waals surface area contributed by atoms with Crippen molar-refractivity contribution in [2.45, 2.75) is 31.5 Å². The molecule has 0 aliphatic heterocycles. The lowest BCUT2D eigenvalue weighted by Crippen LogP contribution is -2.24. The highest BCUT2D eigenvalue weighted by Crippen LogP contribution is 2.23. The molecule has 0 fully saturated rings. The third-order valence-corrected chi connectivity index (χ3v) is 3.94. The molecule has 0 aliphatic carbocycles. The molecule has 0 saturated carbocycles. The highest BCUT2D eigenvalue weighted by Gasteiger charge is 2.12. The molecule has 2 aromatic rings. The minimum absolute atomic E-state index is 0.370. The fourth-order valence-corrected chi connectivity index (χ4v) is 2.89. The van der Waals surface area contributed by atoms with Gasteiger partial charge in [-0.15, -0.1) is 0 Å².